The lowest BCUT2D eigenvalue weighted by atomic mass is 10.0. The Morgan fingerprint density at radius 1 is 1.00 bits per heavy atom. The van der Waals surface area contributed by atoms with Crippen LogP contribution in [0.2, 0.25) is 0 Å². The second-order valence-electron chi connectivity index (χ2n) is 9.04. The smallest absolute Gasteiger partial charge is 0.260 e. The summed E-state index contributed by atoms with van der Waals surface area (Å²) in [6.07, 6.45) is 3.62. The number of piperidine rings is 1. The molecule has 0 N–H and O–H groups in total. The van der Waals surface area contributed by atoms with E-state index in [1.807, 2.05) is 61.5 Å². The first kappa shape index (κ1) is 24.6. The van der Waals surface area contributed by atoms with Crippen LogP contribution in [0.3, 0.4) is 0 Å². The number of carbonyl (C=O) groups excluding carboxylic acids is 1. The number of carbonyl (C=O) groups is 1. The molecule has 5 rings (SSSR count). The minimum atomic E-state index is -3.61. The second kappa shape index (κ2) is 10.5. The van der Waals surface area contributed by atoms with E-state index in [4.69, 9.17) is 4.98 Å². The number of anilines is 1. The maximum atomic E-state index is 13.7. The Hall–Kier alpha value is -3.07. The number of hydrogen-bond acceptors (Lipinski definition) is 5. The van der Waals surface area contributed by atoms with Gasteiger partial charge in [-0.15, -0.1) is 0 Å². The van der Waals surface area contributed by atoms with Crippen molar-refractivity contribution in [3.8, 4) is 0 Å². The van der Waals surface area contributed by atoms with Crippen LogP contribution in [0.15, 0.2) is 83.8 Å². The van der Waals surface area contributed by atoms with Gasteiger partial charge < -0.3 is 0 Å². The van der Waals surface area contributed by atoms with Gasteiger partial charge in [-0.1, -0.05) is 67.1 Å². The summed E-state index contributed by atoms with van der Waals surface area (Å²) in [4.78, 5) is 20.3. The molecule has 1 atom stereocenters. The van der Waals surface area contributed by atoms with Gasteiger partial charge in [-0.05, 0) is 61.2 Å². The fourth-order valence-electron chi connectivity index (χ4n) is 4.73. The van der Waals surface area contributed by atoms with E-state index in [0.717, 1.165) is 41.5 Å². The first-order valence-electron chi connectivity index (χ1n) is 12.3. The Morgan fingerprint density at radius 2 is 1.72 bits per heavy atom. The van der Waals surface area contributed by atoms with Crippen LogP contribution in [0.5, 0.6) is 0 Å². The molecule has 1 unspecified atom stereocenters. The molecule has 0 saturated carbocycles. The molecule has 1 fully saturated rings. The predicted molar refractivity (Wildman–Crippen MR) is 145 cm³/mol. The van der Waals surface area contributed by atoms with E-state index in [2.05, 4.69) is 0 Å². The van der Waals surface area contributed by atoms with E-state index in [9.17, 15) is 13.2 Å². The minimum absolute atomic E-state index is 0.0328. The molecular weight excluding hydrogens is 490 g/mol. The highest BCUT2D eigenvalue weighted by Gasteiger charge is 2.32. The molecule has 1 amide bonds. The third-order valence-corrected chi connectivity index (χ3v) is 9.72. The highest BCUT2D eigenvalue weighted by Crippen LogP contribution is 2.31. The van der Waals surface area contributed by atoms with Crippen molar-refractivity contribution in [1.29, 1.82) is 0 Å². The summed E-state index contributed by atoms with van der Waals surface area (Å²) in [5.74, 6) is -0.216. The molecule has 6 nitrogen and oxygen atoms in total. The summed E-state index contributed by atoms with van der Waals surface area (Å²) in [6.45, 7) is 2.94. The summed E-state index contributed by atoms with van der Waals surface area (Å²) in [5, 5.41) is 0.612. The van der Waals surface area contributed by atoms with Crippen molar-refractivity contribution in [3.05, 3.63) is 90.0 Å². The molecule has 4 aromatic rings. The van der Waals surface area contributed by atoms with Gasteiger partial charge in [-0.2, -0.15) is 4.31 Å². The quantitative estimate of drug-likeness (QED) is 0.296. The highest BCUT2D eigenvalue weighted by molar-refractivity contribution is 7.89. The average Bonchev–Trinajstić information content (AvgIpc) is 3.36. The van der Waals surface area contributed by atoms with E-state index in [-0.39, 0.29) is 16.8 Å². The molecular formula is C28H29N3O3S2. The number of fused-ring (bicyclic) bond motifs is 1. The zero-order valence-corrected chi connectivity index (χ0v) is 21.8. The molecule has 2 heterocycles. The van der Waals surface area contributed by atoms with Crippen molar-refractivity contribution >= 4 is 42.6 Å². The normalized spacial score (nSPS) is 16.8. The van der Waals surface area contributed by atoms with E-state index in [1.165, 1.54) is 11.3 Å². The van der Waals surface area contributed by atoms with E-state index >= 15 is 0 Å². The maximum absolute atomic E-state index is 13.7. The summed E-state index contributed by atoms with van der Waals surface area (Å²) in [5.41, 5.74) is 2.26. The molecule has 0 spiro atoms. The van der Waals surface area contributed by atoms with Crippen LogP contribution < -0.4 is 4.90 Å². The Bertz CT molecular complexity index is 1420. The number of aromatic nitrogens is 1. The fraction of sp³-hybridized carbons (Fsp3) is 0.286. The lowest BCUT2D eigenvalue weighted by Gasteiger charge is -2.34. The van der Waals surface area contributed by atoms with Crippen LogP contribution in [-0.4, -0.2) is 36.2 Å². The van der Waals surface area contributed by atoms with Gasteiger partial charge >= 0.3 is 0 Å². The monoisotopic (exact) mass is 519 g/mol. The van der Waals surface area contributed by atoms with Gasteiger partial charge in [0.25, 0.3) is 5.91 Å². The summed E-state index contributed by atoms with van der Waals surface area (Å²) in [6, 6.07) is 24.0. The average molecular weight is 520 g/mol. The van der Waals surface area contributed by atoms with E-state index < -0.39 is 10.0 Å². The Balaban J connectivity index is 1.45. The van der Waals surface area contributed by atoms with Crippen molar-refractivity contribution in [2.75, 3.05) is 11.4 Å². The summed E-state index contributed by atoms with van der Waals surface area (Å²) >= 11 is 1.47. The standard InChI is InChI=1S/C28H29N3O3S2/c1-2-23-12-8-9-19-31(23)36(33,34)24-17-15-22(16-18-24)27(32)30(20-21-10-4-3-5-11-21)28-29-25-13-6-7-14-26(25)35-28/h3-7,10-11,13-18,23H,2,8-9,12,19-20H2,1H3. The molecule has 1 aliphatic heterocycles. The zero-order chi connectivity index (χ0) is 25.1. The zero-order valence-electron chi connectivity index (χ0n) is 20.2. The van der Waals surface area contributed by atoms with Crippen molar-refractivity contribution in [2.45, 2.75) is 50.1 Å². The van der Waals surface area contributed by atoms with Crippen LogP contribution >= 0.6 is 11.3 Å². The molecule has 1 saturated heterocycles. The number of benzene rings is 3. The van der Waals surface area contributed by atoms with Gasteiger partial charge in [0.1, 0.15) is 0 Å². The van der Waals surface area contributed by atoms with E-state index in [1.54, 1.807) is 33.5 Å². The van der Waals surface area contributed by atoms with Crippen molar-refractivity contribution in [2.24, 2.45) is 0 Å². The Morgan fingerprint density at radius 3 is 2.44 bits per heavy atom. The second-order valence-corrected chi connectivity index (χ2v) is 11.9. The van der Waals surface area contributed by atoms with Gasteiger partial charge in [0.2, 0.25) is 10.0 Å². The molecule has 0 aliphatic carbocycles. The molecule has 36 heavy (non-hydrogen) atoms. The number of nitrogens with zero attached hydrogens (tertiary/aromatic N) is 3. The number of hydrogen-bond donors (Lipinski definition) is 0. The Labute approximate surface area is 216 Å². The molecule has 0 radical (unpaired) electrons. The third-order valence-electron chi connectivity index (χ3n) is 6.69. The Kier molecular flexibility index (Phi) is 7.18. The van der Waals surface area contributed by atoms with Crippen molar-refractivity contribution in [1.82, 2.24) is 9.29 Å². The summed E-state index contributed by atoms with van der Waals surface area (Å²) in [7, 11) is -3.61. The summed E-state index contributed by atoms with van der Waals surface area (Å²) < 4.78 is 29.4. The van der Waals surface area contributed by atoms with Gasteiger partial charge in [0.05, 0.1) is 21.7 Å². The molecule has 3 aromatic carbocycles. The van der Waals surface area contributed by atoms with Gasteiger partial charge in [-0.25, -0.2) is 13.4 Å². The van der Waals surface area contributed by atoms with Crippen LogP contribution in [0.25, 0.3) is 10.2 Å². The highest BCUT2D eigenvalue weighted by atomic mass is 32.2. The number of sulfonamides is 1. The van der Waals surface area contributed by atoms with Gasteiger partial charge in [-0.3, -0.25) is 9.69 Å². The SMILES string of the molecule is CCC1CCCCN1S(=O)(=O)c1ccc(C(=O)N(Cc2ccccc2)c2nc3ccccc3s2)cc1. The predicted octanol–water partition coefficient (Wildman–Crippen LogP) is 6.10. The van der Waals surface area contributed by atoms with Crippen LogP contribution in [0.1, 0.15) is 48.5 Å². The van der Waals surface area contributed by atoms with Crippen LogP contribution in [0.4, 0.5) is 5.13 Å². The largest absolute Gasteiger partial charge is 0.279 e. The molecule has 8 heteroatoms. The number of thiazole rings is 1. The first-order chi connectivity index (χ1) is 17.5. The third kappa shape index (κ3) is 4.93. The molecule has 186 valence electrons. The van der Waals surface area contributed by atoms with Gasteiger partial charge in [0.15, 0.2) is 5.13 Å². The minimum Gasteiger partial charge on any atom is -0.279 e. The molecule has 0 bridgehead atoms. The first-order valence-corrected chi connectivity index (χ1v) is 14.6. The van der Waals surface area contributed by atoms with E-state index in [0.29, 0.717) is 23.8 Å². The molecule has 1 aliphatic rings. The van der Waals surface area contributed by atoms with Gasteiger partial charge in [0, 0.05) is 18.2 Å². The fourth-order valence-corrected chi connectivity index (χ4v) is 7.46. The maximum Gasteiger partial charge on any atom is 0.260 e. The number of para-hydroxylation sites is 1. The lowest BCUT2D eigenvalue weighted by Crippen LogP contribution is -2.43. The van der Waals surface area contributed by atoms with Crippen LogP contribution in [-0.2, 0) is 16.6 Å². The number of rotatable bonds is 7. The van der Waals surface area contributed by atoms with Crippen molar-refractivity contribution in [3.63, 3.8) is 0 Å². The lowest BCUT2D eigenvalue weighted by molar-refractivity contribution is 0.0985. The van der Waals surface area contributed by atoms with Crippen LogP contribution in [0, 0.1) is 0 Å². The molecule has 1 aromatic heterocycles. The topological polar surface area (TPSA) is 70.6 Å². The van der Waals surface area contributed by atoms with Crippen molar-refractivity contribution < 1.29 is 13.2 Å². The number of amides is 1.